The Morgan fingerprint density at radius 1 is 1.10 bits per heavy atom. The van der Waals surface area contributed by atoms with Gasteiger partial charge in [0.15, 0.2) is 0 Å². The van der Waals surface area contributed by atoms with E-state index in [1.165, 1.54) is 0 Å². The first-order chi connectivity index (χ1) is 13.8. The van der Waals surface area contributed by atoms with Crippen LogP contribution in [0.25, 0.3) is 0 Å². The number of hydrogen-bond donors (Lipinski definition) is 1. The second-order valence-corrected chi connectivity index (χ2v) is 8.37. The zero-order valence-corrected chi connectivity index (χ0v) is 17.9. The number of rotatable bonds is 11. The molecule has 2 aromatic rings. The number of benzene rings is 2. The van der Waals surface area contributed by atoms with Gasteiger partial charge in [0, 0.05) is 6.54 Å². The van der Waals surface area contributed by atoms with E-state index in [9.17, 15) is 13.2 Å². The molecular weight excluding hydrogens is 392 g/mol. The van der Waals surface area contributed by atoms with Crippen LogP contribution in [0.5, 0.6) is 11.5 Å². The maximum Gasteiger partial charge on any atom is 0.240 e. The molecule has 0 aliphatic carbocycles. The van der Waals surface area contributed by atoms with E-state index in [0.29, 0.717) is 31.0 Å². The molecule has 2 rings (SSSR count). The molecule has 0 aliphatic heterocycles. The molecular formula is C21H28N2O5S. The Hall–Kier alpha value is -2.74. The van der Waals surface area contributed by atoms with Crippen LogP contribution < -0.4 is 19.1 Å². The van der Waals surface area contributed by atoms with Crippen molar-refractivity contribution in [3.8, 4) is 11.5 Å². The molecule has 7 nitrogen and oxygen atoms in total. The van der Waals surface area contributed by atoms with Crippen molar-refractivity contribution in [2.45, 2.75) is 19.8 Å². The Labute approximate surface area is 172 Å². The van der Waals surface area contributed by atoms with Crippen molar-refractivity contribution in [1.82, 2.24) is 5.32 Å². The number of nitrogens with zero attached hydrogens (tertiary/aromatic N) is 1. The van der Waals surface area contributed by atoms with Crippen LogP contribution in [0.4, 0.5) is 5.69 Å². The molecule has 0 saturated heterocycles. The monoisotopic (exact) mass is 420 g/mol. The van der Waals surface area contributed by atoms with Gasteiger partial charge in [0.1, 0.15) is 18.0 Å². The summed E-state index contributed by atoms with van der Waals surface area (Å²) in [5.74, 6) is 1.10. The van der Waals surface area contributed by atoms with Gasteiger partial charge in [-0.2, -0.15) is 0 Å². The minimum absolute atomic E-state index is 0.276. The molecule has 0 saturated carbocycles. The van der Waals surface area contributed by atoms with Gasteiger partial charge in [-0.1, -0.05) is 18.2 Å². The third-order valence-electron chi connectivity index (χ3n) is 4.26. The zero-order valence-electron chi connectivity index (χ0n) is 17.1. The molecule has 1 N–H and O–H groups in total. The van der Waals surface area contributed by atoms with Crippen LogP contribution >= 0.6 is 0 Å². The van der Waals surface area contributed by atoms with Crippen LogP contribution in [-0.2, 0) is 21.2 Å². The van der Waals surface area contributed by atoms with Crippen LogP contribution in [-0.4, -0.2) is 47.4 Å². The van der Waals surface area contributed by atoms with E-state index in [1.807, 2.05) is 31.2 Å². The summed E-state index contributed by atoms with van der Waals surface area (Å²) >= 11 is 0. The molecule has 29 heavy (non-hydrogen) atoms. The van der Waals surface area contributed by atoms with Crippen molar-refractivity contribution in [2.24, 2.45) is 0 Å². The predicted octanol–water partition coefficient (Wildman–Crippen LogP) is 2.61. The summed E-state index contributed by atoms with van der Waals surface area (Å²) in [6.07, 6.45) is 2.55. The zero-order chi connectivity index (χ0) is 21.3. The van der Waals surface area contributed by atoms with Crippen molar-refractivity contribution < 1.29 is 22.7 Å². The Kier molecular flexibility index (Phi) is 8.33. The lowest BCUT2D eigenvalue weighted by atomic mass is 10.1. The first-order valence-electron chi connectivity index (χ1n) is 9.44. The molecule has 0 unspecified atom stereocenters. The highest BCUT2D eigenvalue weighted by atomic mass is 32.2. The number of carbonyl (C=O) groups excluding carboxylic acids is 1. The number of ether oxygens (including phenoxy) is 2. The van der Waals surface area contributed by atoms with E-state index in [4.69, 9.17) is 9.47 Å². The standard InChI is InChI=1S/C21H28N2O5S/c1-4-28-19-13-11-18(12-14-19)23(29(3,25)26)16-21(24)22-15-7-9-17-8-5-6-10-20(17)27-2/h5-6,8,10-14H,4,7,9,15-16H2,1-3H3,(H,22,24). The van der Waals surface area contributed by atoms with Gasteiger partial charge >= 0.3 is 0 Å². The third-order valence-corrected chi connectivity index (χ3v) is 5.40. The van der Waals surface area contributed by atoms with E-state index in [1.54, 1.807) is 31.4 Å². The van der Waals surface area contributed by atoms with Crippen LogP contribution in [0.2, 0.25) is 0 Å². The quantitative estimate of drug-likeness (QED) is 0.565. The summed E-state index contributed by atoms with van der Waals surface area (Å²) in [6.45, 7) is 2.56. The van der Waals surface area contributed by atoms with Gasteiger partial charge in [-0.25, -0.2) is 8.42 Å². The van der Waals surface area contributed by atoms with Gasteiger partial charge in [0.05, 0.1) is 25.7 Å². The number of anilines is 1. The number of aryl methyl sites for hydroxylation is 1. The van der Waals surface area contributed by atoms with Crippen molar-refractivity contribution in [2.75, 3.05) is 37.4 Å². The van der Waals surface area contributed by atoms with E-state index < -0.39 is 10.0 Å². The average molecular weight is 421 g/mol. The highest BCUT2D eigenvalue weighted by Gasteiger charge is 2.20. The topological polar surface area (TPSA) is 84.9 Å². The normalized spacial score (nSPS) is 11.0. The van der Waals surface area contributed by atoms with Gasteiger partial charge in [-0.15, -0.1) is 0 Å². The number of amides is 1. The van der Waals surface area contributed by atoms with Gasteiger partial charge < -0.3 is 14.8 Å². The largest absolute Gasteiger partial charge is 0.496 e. The SMILES string of the molecule is CCOc1ccc(N(CC(=O)NCCCc2ccccc2OC)S(C)(=O)=O)cc1. The maximum absolute atomic E-state index is 12.3. The maximum atomic E-state index is 12.3. The number of para-hydroxylation sites is 1. The first kappa shape index (κ1) is 22.5. The summed E-state index contributed by atoms with van der Waals surface area (Å²) < 4.78 is 36.1. The van der Waals surface area contributed by atoms with Gasteiger partial charge in [-0.05, 0) is 55.7 Å². The summed E-state index contributed by atoms with van der Waals surface area (Å²) in [5.41, 5.74) is 1.48. The average Bonchev–Trinajstić information content (AvgIpc) is 2.70. The second-order valence-electron chi connectivity index (χ2n) is 6.46. The van der Waals surface area contributed by atoms with Crippen LogP contribution in [0.1, 0.15) is 18.9 Å². The Morgan fingerprint density at radius 3 is 2.41 bits per heavy atom. The summed E-state index contributed by atoms with van der Waals surface area (Å²) in [7, 11) is -1.98. The lowest BCUT2D eigenvalue weighted by Gasteiger charge is -2.22. The number of nitrogens with one attached hydrogen (secondary N) is 1. The van der Waals surface area contributed by atoms with E-state index in [-0.39, 0.29) is 12.5 Å². The second kappa shape index (κ2) is 10.7. The molecule has 0 radical (unpaired) electrons. The number of carbonyl (C=O) groups is 1. The first-order valence-corrected chi connectivity index (χ1v) is 11.3. The molecule has 0 aliphatic rings. The highest BCUT2D eigenvalue weighted by molar-refractivity contribution is 7.92. The van der Waals surface area contributed by atoms with Crippen LogP contribution in [0, 0.1) is 0 Å². The number of methoxy groups -OCH3 is 1. The number of hydrogen-bond acceptors (Lipinski definition) is 5. The fourth-order valence-electron chi connectivity index (χ4n) is 2.88. The van der Waals surface area contributed by atoms with Crippen molar-refractivity contribution in [3.05, 3.63) is 54.1 Å². The van der Waals surface area contributed by atoms with Crippen molar-refractivity contribution in [1.29, 1.82) is 0 Å². The lowest BCUT2D eigenvalue weighted by molar-refractivity contribution is -0.119. The molecule has 158 valence electrons. The third kappa shape index (κ3) is 6.98. The number of sulfonamides is 1. The van der Waals surface area contributed by atoms with Crippen LogP contribution in [0.3, 0.4) is 0 Å². The van der Waals surface area contributed by atoms with Crippen molar-refractivity contribution >= 4 is 21.6 Å². The molecule has 8 heteroatoms. The Bertz CT molecular complexity index is 898. The minimum atomic E-state index is -3.61. The molecule has 0 spiro atoms. The Morgan fingerprint density at radius 2 is 1.79 bits per heavy atom. The molecule has 1 amide bonds. The summed E-state index contributed by atoms with van der Waals surface area (Å²) in [6, 6.07) is 14.3. The van der Waals surface area contributed by atoms with E-state index in [2.05, 4.69) is 5.32 Å². The highest BCUT2D eigenvalue weighted by Crippen LogP contribution is 2.21. The molecule has 0 bridgehead atoms. The summed E-state index contributed by atoms with van der Waals surface area (Å²) in [5, 5.41) is 2.78. The van der Waals surface area contributed by atoms with E-state index >= 15 is 0 Å². The minimum Gasteiger partial charge on any atom is -0.496 e. The van der Waals surface area contributed by atoms with Crippen molar-refractivity contribution in [3.63, 3.8) is 0 Å². The van der Waals surface area contributed by atoms with Gasteiger partial charge in [-0.3, -0.25) is 9.10 Å². The van der Waals surface area contributed by atoms with Crippen LogP contribution in [0.15, 0.2) is 48.5 Å². The molecule has 0 heterocycles. The van der Waals surface area contributed by atoms with Gasteiger partial charge in [0.2, 0.25) is 15.9 Å². The Balaban J connectivity index is 1.91. The molecule has 0 atom stereocenters. The van der Waals surface area contributed by atoms with E-state index in [0.717, 1.165) is 28.3 Å². The predicted molar refractivity (Wildman–Crippen MR) is 114 cm³/mol. The molecule has 0 aromatic heterocycles. The van der Waals surface area contributed by atoms with Gasteiger partial charge in [0.25, 0.3) is 0 Å². The lowest BCUT2D eigenvalue weighted by Crippen LogP contribution is -2.40. The molecule has 0 fully saturated rings. The molecule has 2 aromatic carbocycles. The fourth-order valence-corrected chi connectivity index (χ4v) is 3.73. The fraction of sp³-hybridized carbons (Fsp3) is 0.381. The summed E-state index contributed by atoms with van der Waals surface area (Å²) in [4.78, 5) is 12.3. The smallest absolute Gasteiger partial charge is 0.240 e.